The third kappa shape index (κ3) is 3.78. The first kappa shape index (κ1) is 19.0. The molecule has 5 rings (SSSR count). The maximum absolute atomic E-state index is 5.59. The van der Waals surface area contributed by atoms with Crippen molar-refractivity contribution in [3.05, 3.63) is 54.3 Å². The summed E-state index contributed by atoms with van der Waals surface area (Å²) in [5, 5.41) is 10.7. The molecule has 0 amide bonds. The normalized spacial score (nSPS) is 11.1. The van der Waals surface area contributed by atoms with Crippen LogP contribution >= 0.6 is 11.3 Å². The molecule has 10 nitrogen and oxygen atoms in total. The van der Waals surface area contributed by atoms with Crippen molar-refractivity contribution in [2.45, 2.75) is 6.92 Å². The zero-order valence-corrected chi connectivity index (χ0v) is 17.9. The minimum absolute atomic E-state index is 0.429. The Bertz CT molecular complexity index is 1370. The summed E-state index contributed by atoms with van der Waals surface area (Å²) in [6, 6.07) is 5.79. The highest BCUT2D eigenvalue weighted by Crippen LogP contribution is 2.31. The molecular weight excluding hydrogens is 414 g/mol. The molecule has 0 atom stereocenters. The van der Waals surface area contributed by atoms with Gasteiger partial charge in [-0.15, -0.1) is 11.3 Å². The molecule has 0 bridgehead atoms. The molecular formula is C20H19N9OS. The Balaban J connectivity index is 1.47. The Morgan fingerprint density at radius 2 is 1.97 bits per heavy atom. The Morgan fingerprint density at radius 1 is 1.06 bits per heavy atom. The lowest BCUT2D eigenvalue weighted by Gasteiger charge is -2.12. The van der Waals surface area contributed by atoms with Gasteiger partial charge in [-0.05, 0) is 19.1 Å². The smallest absolute Gasteiger partial charge is 0.231 e. The van der Waals surface area contributed by atoms with Gasteiger partial charge in [0.05, 0.1) is 42.2 Å². The number of benzene rings is 1. The summed E-state index contributed by atoms with van der Waals surface area (Å²) >= 11 is 1.48. The van der Waals surface area contributed by atoms with E-state index in [1.165, 1.54) is 11.3 Å². The number of imidazole rings is 1. The van der Waals surface area contributed by atoms with Crippen LogP contribution in [0.25, 0.3) is 16.0 Å². The van der Waals surface area contributed by atoms with Gasteiger partial charge in [-0.3, -0.25) is 4.68 Å². The van der Waals surface area contributed by atoms with Crippen molar-refractivity contribution in [1.29, 1.82) is 0 Å². The summed E-state index contributed by atoms with van der Waals surface area (Å²) in [5.41, 5.74) is 5.82. The molecule has 0 aliphatic carbocycles. The topological polar surface area (TPSA) is 108 Å². The summed E-state index contributed by atoms with van der Waals surface area (Å²) in [4.78, 5) is 17.8. The lowest BCUT2D eigenvalue weighted by atomic mass is 10.2. The van der Waals surface area contributed by atoms with E-state index in [4.69, 9.17) is 4.74 Å². The van der Waals surface area contributed by atoms with E-state index in [1.807, 2.05) is 49.1 Å². The molecule has 0 unspecified atom stereocenters. The van der Waals surface area contributed by atoms with E-state index < -0.39 is 0 Å². The van der Waals surface area contributed by atoms with Crippen molar-refractivity contribution in [2.24, 2.45) is 7.05 Å². The predicted molar refractivity (Wildman–Crippen MR) is 120 cm³/mol. The molecule has 4 aromatic heterocycles. The molecule has 0 saturated carbocycles. The first-order valence-electron chi connectivity index (χ1n) is 9.42. The maximum Gasteiger partial charge on any atom is 0.231 e. The standard InChI is InChI=1S/C20H19N9OS/c1-12-8-29(10-21-12)15-5-4-13(6-16(15)30-3)25-20-26-18-17(31-11-22-18)19(27-20)24-14-7-23-28(2)9-14/h4-11H,1-3H3,(H2,24,25,26,27). The second kappa shape index (κ2) is 7.69. The van der Waals surface area contributed by atoms with Crippen molar-refractivity contribution < 1.29 is 4.74 Å². The van der Waals surface area contributed by atoms with Crippen LogP contribution in [0.15, 0.2) is 48.6 Å². The fraction of sp³-hybridized carbons (Fsp3) is 0.150. The van der Waals surface area contributed by atoms with E-state index in [2.05, 4.69) is 35.7 Å². The largest absolute Gasteiger partial charge is 0.494 e. The fourth-order valence-electron chi connectivity index (χ4n) is 3.18. The third-order valence-corrected chi connectivity index (χ3v) is 5.41. The van der Waals surface area contributed by atoms with Crippen molar-refractivity contribution >= 4 is 44.8 Å². The molecule has 11 heteroatoms. The van der Waals surface area contributed by atoms with Gasteiger partial charge >= 0.3 is 0 Å². The lowest BCUT2D eigenvalue weighted by molar-refractivity contribution is 0.413. The molecule has 1 aromatic carbocycles. The van der Waals surface area contributed by atoms with Crippen LogP contribution in [-0.4, -0.2) is 41.4 Å². The van der Waals surface area contributed by atoms with Gasteiger partial charge in [0.15, 0.2) is 11.5 Å². The molecule has 156 valence electrons. The van der Waals surface area contributed by atoms with Gasteiger partial charge in [-0.2, -0.15) is 15.1 Å². The van der Waals surface area contributed by atoms with E-state index >= 15 is 0 Å². The first-order valence-corrected chi connectivity index (χ1v) is 10.3. The van der Waals surface area contributed by atoms with Gasteiger partial charge in [0.1, 0.15) is 10.4 Å². The number of anilines is 4. The predicted octanol–water partition coefficient (Wildman–Crippen LogP) is 3.81. The number of methoxy groups -OCH3 is 1. The first-order chi connectivity index (χ1) is 15.1. The Kier molecular flexibility index (Phi) is 4.71. The van der Waals surface area contributed by atoms with Crippen molar-refractivity contribution in [1.82, 2.24) is 34.3 Å². The van der Waals surface area contributed by atoms with E-state index in [-0.39, 0.29) is 0 Å². The summed E-state index contributed by atoms with van der Waals surface area (Å²) in [5.74, 6) is 1.80. The third-order valence-electron chi connectivity index (χ3n) is 4.59. The summed E-state index contributed by atoms with van der Waals surface area (Å²) in [6.45, 7) is 1.95. The fourth-order valence-corrected chi connectivity index (χ4v) is 3.85. The van der Waals surface area contributed by atoms with E-state index in [0.717, 1.165) is 27.5 Å². The van der Waals surface area contributed by atoms with E-state index in [0.29, 0.717) is 23.2 Å². The summed E-state index contributed by atoms with van der Waals surface area (Å²) in [7, 11) is 3.50. The molecule has 0 radical (unpaired) electrons. The maximum atomic E-state index is 5.59. The van der Waals surface area contributed by atoms with E-state index in [1.54, 1.807) is 29.8 Å². The second-order valence-electron chi connectivity index (χ2n) is 6.86. The van der Waals surface area contributed by atoms with Crippen LogP contribution in [0.5, 0.6) is 5.75 Å². The van der Waals surface area contributed by atoms with Gasteiger partial charge in [-0.25, -0.2) is 9.97 Å². The number of nitrogens with one attached hydrogen (secondary N) is 2. The van der Waals surface area contributed by atoms with Crippen molar-refractivity contribution in [2.75, 3.05) is 17.7 Å². The van der Waals surface area contributed by atoms with Crippen LogP contribution in [-0.2, 0) is 7.05 Å². The number of hydrogen-bond acceptors (Lipinski definition) is 9. The van der Waals surface area contributed by atoms with Gasteiger partial charge in [0.25, 0.3) is 0 Å². The van der Waals surface area contributed by atoms with Crippen molar-refractivity contribution in [3.8, 4) is 11.4 Å². The Hall–Kier alpha value is -3.99. The number of aromatic nitrogens is 7. The lowest BCUT2D eigenvalue weighted by Crippen LogP contribution is -2.02. The molecule has 2 N–H and O–H groups in total. The molecule has 0 spiro atoms. The molecule has 0 aliphatic rings. The molecule has 0 fully saturated rings. The highest BCUT2D eigenvalue weighted by molar-refractivity contribution is 7.17. The molecule has 31 heavy (non-hydrogen) atoms. The van der Waals surface area contributed by atoms with Gasteiger partial charge in [-0.1, -0.05) is 0 Å². The second-order valence-corrected chi connectivity index (χ2v) is 7.72. The van der Waals surface area contributed by atoms with Crippen LogP contribution < -0.4 is 15.4 Å². The number of rotatable bonds is 6. The average Bonchev–Trinajstić information content (AvgIpc) is 3.49. The summed E-state index contributed by atoms with van der Waals surface area (Å²) < 4.78 is 10.1. The molecule has 0 saturated heterocycles. The Morgan fingerprint density at radius 3 is 2.71 bits per heavy atom. The number of thiazole rings is 1. The number of nitrogens with zero attached hydrogens (tertiary/aromatic N) is 7. The number of fused-ring (bicyclic) bond motifs is 1. The van der Waals surface area contributed by atoms with Crippen LogP contribution in [0.2, 0.25) is 0 Å². The van der Waals surface area contributed by atoms with E-state index in [9.17, 15) is 0 Å². The van der Waals surface area contributed by atoms with Crippen LogP contribution in [0.3, 0.4) is 0 Å². The minimum Gasteiger partial charge on any atom is -0.494 e. The SMILES string of the molecule is COc1cc(Nc2nc(Nc3cnn(C)c3)c3scnc3n2)ccc1-n1cnc(C)c1. The van der Waals surface area contributed by atoms with Crippen LogP contribution in [0.4, 0.5) is 23.1 Å². The average molecular weight is 434 g/mol. The van der Waals surface area contributed by atoms with Crippen LogP contribution in [0, 0.1) is 6.92 Å². The quantitative estimate of drug-likeness (QED) is 0.416. The highest BCUT2D eigenvalue weighted by atomic mass is 32.1. The molecule has 0 aliphatic heterocycles. The van der Waals surface area contributed by atoms with Crippen molar-refractivity contribution in [3.63, 3.8) is 0 Å². The van der Waals surface area contributed by atoms with Gasteiger partial charge < -0.3 is 19.9 Å². The Labute approximate surface area is 181 Å². The minimum atomic E-state index is 0.429. The number of ether oxygens (including phenoxy) is 1. The molecule has 4 heterocycles. The highest BCUT2D eigenvalue weighted by Gasteiger charge is 2.13. The number of hydrogen-bond donors (Lipinski definition) is 2. The molecule has 5 aromatic rings. The number of aryl methyl sites for hydroxylation is 2. The monoisotopic (exact) mass is 433 g/mol. The van der Waals surface area contributed by atoms with Gasteiger partial charge in [0.2, 0.25) is 5.95 Å². The van der Waals surface area contributed by atoms with Gasteiger partial charge in [0, 0.05) is 31.2 Å². The zero-order valence-electron chi connectivity index (χ0n) is 17.1. The van der Waals surface area contributed by atoms with Crippen LogP contribution in [0.1, 0.15) is 5.69 Å². The zero-order chi connectivity index (χ0) is 21.4. The summed E-state index contributed by atoms with van der Waals surface area (Å²) in [6.07, 6.45) is 7.32.